The van der Waals surface area contributed by atoms with Gasteiger partial charge in [0.15, 0.2) is 0 Å². The second-order valence-corrected chi connectivity index (χ2v) is 8.43. The normalized spacial score (nSPS) is 14.5. The molecule has 35 heavy (non-hydrogen) atoms. The molecule has 2 amide bonds. The zero-order chi connectivity index (χ0) is 25.6. The van der Waals surface area contributed by atoms with Crippen LogP contribution in [-0.2, 0) is 22.3 Å². The standard InChI is InChI=1S/C24H27F3N4O4/c1-2-3-22(32)29-19-7-4-16(5-8-19)15-28-23(33)17-10-12-30(13-11-17)20-9-6-18(24(25,26)27)14-21(20)31(34)35/h4-9,14,17H,2-3,10-13,15H2,1H3,(H,28,33)(H,29,32). The fraction of sp³-hybridized carbons (Fsp3) is 0.417. The van der Waals surface area contributed by atoms with Crippen molar-refractivity contribution >= 4 is 28.9 Å². The minimum atomic E-state index is -4.67. The molecule has 0 bridgehead atoms. The van der Waals surface area contributed by atoms with E-state index in [1.54, 1.807) is 17.0 Å². The Bertz CT molecular complexity index is 1070. The molecular formula is C24H27F3N4O4. The lowest BCUT2D eigenvalue weighted by Gasteiger charge is -2.32. The highest BCUT2D eigenvalue weighted by Gasteiger charge is 2.34. The van der Waals surface area contributed by atoms with Crippen molar-refractivity contribution in [2.75, 3.05) is 23.3 Å². The van der Waals surface area contributed by atoms with Gasteiger partial charge in [-0.05, 0) is 49.1 Å². The fourth-order valence-corrected chi connectivity index (χ4v) is 3.99. The number of nitrogens with one attached hydrogen (secondary N) is 2. The highest BCUT2D eigenvalue weighted by atomic mass is 19.4. The number of piperidine rings is 1. The van der Waals surface area contributed by atoms with Crippen LogP contribution in [0.15, 0.2) is 42.5 Å². The van der Waals surface area contributed by atoms with Crippen molar-refractivity contribution in [3.8, 4) is 0 Å². The van der Waals surface area contributed by atoms with Gasteiger partial charge in [0.2, 0.25) is 11.8 Å². The van der Waals surface area contributed by atoms with Gasteiger partial charge < -0.3 is 15.5 Å². The number of hydrogen-bond acceptors (Lipinski definition) is 5. The zero-order valence-electron chi connectivity index (χ0n) is 19.2. The summed E-state index contributed by atoms with van der Waals surface area (Å²) in [6.07, 6.45) is -2.62. The first-order chi connectivity index (χ1) is 16.6. The van der Waals surface area contributed by atoms with Crippen LogP contribution in [0, 0.1) is 16.0 Å². The molecule has 0 aliphatic carbocycles. The van der Waals surface area contributed by atoms with Gasteiger partial charge in [-0.15, -0.1) is 0 Å². The van der Waals surface area contributed by atoms with E-state index in [-0.39, 0.29) is 23.4 Å². The number of alkyl halides is 3. The molecule has 2 N–H and O–H groups in total. The maximum atomic E-state index is 12.9. The molecule has 0 unspecified atom stereocenters. The van der Waals surface area contributed by atoms with Crippen LogP contribution in [0.25, 0.3) is 0 Å². The van der Waals surface area contributed by atoms with E-state index >= 15 is 0 Å². The Balaban J connectivity index is 1.53. The van der Waals surface area contributed by atoms with Gasteiger partial charge in [-0.25, -0.2) is 0 Å². The number of anilines is 2. The van der Waals surface area contributed by atoms with E-state index in [1.165, 1.54) is 0 Å². The third kappa shape index (κ3) is 6.93. The molecule has 0 saturated carbocycles. The van der Waals surface area contributed by atoms with E-state index < -0.39 is 22.4 Å². The maximum absolute atomic E-state index is 12.9. The van der Waals surface area contributed by atoms with Crippen LogP contribution in [-0.4, -0.2) is 29.8 Å². The molecule has 0 atom stereocenters. The Morgan fingerprint density at radius 1 is 1.11 bits per heavy atom. The largest absolute Gasteiger partial charge is 0.416 e. The smallest absolute Gasteiger partial charge is 0.366 e. The summed E-state index contributed by atoms with van der Waals surface area (Å²) in [5.74, 6) is -0.499. The van der Waals surface area contributed by atoms with Crippen LogP contribution < -0.4 is 15.5 Å². The summed E-state index contributed by atoms with van der Waals surface area (Å²) < 4.78 is 38.8. The summed E-state index contributed by atoms with van der Waals surface area (Å²) >= 11 is 0. The van der Waals surface area contributed by atoms with E-state index in [2.05, 4.69) is 10.6 Å². The van der Waals surface area contributed by atoms with Crippen LogP contribution in [0.1, 0.15) is 43.7 Å². The van der Waals surface area contributed by atoms with E-state index in [1.807, 2.05) is 19.1 Å². The number of carbonyl (C=O) groups is 2. The van der Waals surface area contributed by atoms with Crippen molar-refractivity contribution in [3.63, 3.8) is 0 Å². The first kappa shape index (κ1) is 26.0. The summed E-state index contributed by atoms with van der Waals surface area (Å²) in [5.41, 5.74) is -0.00321. The summed E-state index contributed by atoms with van der Waals surface area (Å²) in [6, 6.07) is 9.67. The molecule has 1 aliphatic heterocycles. The van der Waals surface area contributed by atoms with Gasteiger partial charge in [0, 0.05) is 43.7 Å². The zero-order valence-corrected chi connectivity index (χ0v) is 19.2. The number of carbonyl (C=O) groups excluding carboxylic acids is 2. The Morgan fingerprint density at radius 2 is 1.77 bits per heavy atom. The fourth-order valence-electron chi connectivity index (χ4n) is 3.99. The average Bonchev–Trinajstić information content (AvgIpc) is 2.82. The van der Waals surface area contributed by atoms with E-state index in [0.717, 1.165) is 24.1 Å². The van der Waals surface area contributed by atoms with E-state index in [4.69, 9.17) is 0 Å². The molecule has 0 spiro atoms. The molecule has 1 heterocycles. The predicted molar refractivity (Wildman–Crippen MR) is 125 cm³/mol. The van der Waals surface area contributed by atoms with Crippen LogP contribution in [0.5, 0.6) is 0 Å². The second-order valence-electron chi connectivity index (χ2n) is 8.43. The SMILES string of the molecule is CCCC(=O)Nc1ccc(CNC(=O)C2CCN(c3ccc(C(F)(F)F)cc3[N+](=O)[O-])CC2)cc1. The number of amides is 2. The molecule has 1 saturated heterocycles. The molecule has 188 valence electrons. The lowest BCUT2D eigenvalue weighted by molar-refractivity contribution is -0.384. The van der Waals surface area contributed by atoms with Crippen molar-refractivity contribution in [1.82, 2.24) is 5.32 Å². The summed E-state index contributed by atoms with van der Waals surface area (Å²) in [6.45, 7) is 2.87. The topological polar surface area (TPSA) is 105 Å². The Hall–Kier alpha value is -3.63. The van der Waals surface area contributed by atoms with Gasteiger partial charge in [0.05, 0.1) is 10.5 Å². The molecule has 2 aromatic carbocycles. The van der Waals surface area contributed by atoms with Crippen molar-refractivity contribution in [1.29, 1.82) is 0 Å². The number of nitro groups is 1. The highest BCUT2D eigenvalue weighted by molar-refractivity contribution is 5.90. The molecule has 0 aromatic heterocycles. The summed E-state index contributed by atoms with van der Waals surface area (Å²) in [7, 11) is 0. The van der Waals surface area contributed by atoms with Crippen LogP contribution in [0.3, 0.4) is 0 Å². The first-order valence-corrected chi connectivity index (χ1v) is 11.4. The van der Waals surface area contributed by atoms with Crippen LogP contribution in [0.2, 0.25) is 0 Å². The third-order valence-corrected chi connectivity index (χ3v) is 5.89. The van der Waals surface area contributed by atoms with Gasteiger partial charge in [-0.2, -0.15) is 13.2 Å². The van der Waals surface area contributed by atoms with E-state index in [0.29, 0.717) is 50.7 Å². The Morgan fingerprint density at radius 3 is 2.34 bits per heavy atom. The Labute approximate surface area is 200 Å². The summed E-state index contributed by atoms with van der Waals surface area (Å²) in [5, 5.41) is 17.0. The quantitative estimate of drug-likeness (QED) is 0.404. The van der Waals surface area contributed by atoms with Gasteiger partial charge in [0.25, 0.3) is 5.69 Å². The molecule has 8 nitrogen and oxygen atoms in total. The van der Waals surface area contributed by atoms with Crippen molar-refractivity contribution in [2.24, 2.45) is 5.92 Å². The molecule has 11 heteroatoms. The van der Waals surface area contributed by atoms with Crippen molar-refractivity contribution in [2.45, 2.75) is 45.3 Å². The highest BCUT2D eigenvalue weighted by Crippen LogP contribution is 2.37. The predicted octanol–water partition coefficient (Wildman–Crippen LogP) is 4.89. The monoisotopic (exact) mass is 492 g/mol. The molecule has 0 radical (unpaired) electrons. The number of nitro benzene ring substituents is 1. The van der Waals surface area contributed by atoms with Gasteiger partial charge in [-0.3, -0.25) is 19.7 Å². The minimum absolute atomic E-state index is 0.0541. The lowest BCUT2D eigenvalue weighted by Crippen LogP contribution is -2.40. The molecule has 2 aromatic rings. The molecule has 1 aliphatic rings. The van der Waals surface area contributed by atoms with Gasteiger partial charge in [0.1, 0.15) is 5.69 Å². The van der Waals surface area contributed by atoms with Crippen molar-refractivity contribution in [3.05, 3.63) is 63.7 Å². The van der Waals surface area contributed by atoms with Gasteiger partial charge >= 0.3 is 6.18 Å². The number of halogens is 3. The lowest BCUT2D eigenvalue weighted by atomic mass is 9.95. The number of benzene rings is 2. The molecule has 1 fully saturated rings. The van der Waals surface area contributed by atoms with Crippen LogP contribution >= 0.6 is 0 Å². The summed E-state index contributed by atoms with van der Waals surface area (Å²) in [4.78, 5) is 36.5. The minimum Gasteiger partial charge on any atom is -0.366 e. The van der Waals surface area contributed by atoms with Crippen molar-refractivity contribution < 1.29 is 27.7 Å². The number of rotatable bonds is 8. The second kappa shape index (κ2) is 11.2. The van der Waals surface area contributed by atoms with Crippen LogP contribution in [0.4, 0.5) is 30.2 Å². The third-order valence-electron chi connectivity index (χ3n) is 5.89. The number of hydrogen-bond donors (Lipinski definition) is 2. The first-order valence-electron chi connectivity index (χ1n) is 11.4. The average molecular weight is 492 g/mol. The molecular weight excluding hydrogens is 465 g/mol. The molecule has 3 rings (SSSR count). The van der Waals surface area contributed by atoms with Gasteiger partial charge in [-0.1, -0.05) is 19.1 Å². The Kier molecular flexibility index (Phi) is 8.31. The maximum Gasteiger partial charge on any atom is 0.416 e. The van der Waals surface area contributed by atoms with E-state index in [9.17, 15) is 32.9 Å². The number of nitrogens with zero attached hydrogens (tertiary/aromatic N) is 2.